The van der Waals surface area contributed by atoms with Crippen LogP contribution in [0, 0.1) is 5.41 Å². The SMILES string of the molecule is CNC(=O)C(C)(C)CNC(=O)OC. The molecule has 5 heteroatoms. The zero-order chi connectivity index (χ0) is 10.5. The van der Waals surface area contributed by atoms with Gasteiger partial charge in [0.25, 0.3) is 0 Å². The average molecular weight is 188 g/mol. The third-order valence-electron chi connectivity index (χ3n) is 1.70. The zero-order valence-electron chi connectivity index (χ0n) is 8.43. The summed E-state index contributed by atoms with van der Waals surface area (Å²) in [5.41, 5.74) is -0.622. The third-order valence-corrected chi connectivity index (χ3v) is 1.70. The van der Waals surface area contributed by atoms with Gasteiger partial charge >= 0.3 is 6.09 Å². The van der Waals surface area contributed by atoms with Crippen LogP contribution >= 0.6 is 0 Å². The first-order valence-electron chi connectivity index (χ1n) is 3.98. The Labute approximate surface area is 77.8 Å². The smallest absolute Gasteiger partial charge is 0.406 e. The van der Waals surface area contributed by atoms with Crippen molar-refractivity contribution in [2.24, 2.45) is 5.41 Å². The van der Waals surface area contributed by atoms with Crippen LogP contribution in [0.5, 0.6) is 0 Å². The lowest BCUT2D eigenvalue weighted by molar-refractivity contribution is -0.128. The molecule has 0 aromatic heterocycles. The van der Waals surface area contributed by atoms with Crippen LogP contribution in [0.1, 0.15) is 13.8 Å². The van der Waals surface area contributed by atoms with Crippen molar-refractivity contribution in [3.05, 3.63) is 0 Å². The van der Waals surface area contributed by atoms with E-state index in [1.165, 1.54) is 7.11 Å². The molecule has 0 aliphatic rings. The van der Waals surface area contributed by atoms with Crippen LogP contribution in [0.15, 0.2) is 0 Å². The highest BCUT2D eigenvalue weighted by Crippen LogP contribution is 2.12. The molecule has 2 amide bonds. The molecule has 0 rings (SSSR count). The maximum atomic E-state index is 11.2. The first-order chi connectivity index (χ1) is 5.94. The Bertz CT molecular complexity index is 202. The lowest BCUT2D eigenvalue weighted by Gasteiger charge is -2.22. The largest absolute Gasteiger partial charge is 0.453 e. The molecule has 13 heavy (non-hydrogen) atoms. The van der Waals surface area contributed by atoms with Gasteiger partial charge in [-0.05, 0) is 13.8 Å². The quantitative estimate of drug-likeness (QED) is 0.660. The minimum absolute atomic E-state index is 0.121. The lowest BCUT2D eigenvalue weighted by atomic mass is 9.92. The first kappa shape index (κ1) is 11.7. The van der Waals surface area contributed by atoms with Crippen LogP contribution < -0.4 is 10.6 Å². The summed E-state index contributed by atoms with van der Waals surface area (Å²) in [5.74, 6) is -0.121. The van der Waals surface area contributed by atoms with Crippen molar-refractivity contribution in [1.29, 1.82) is 0 Å². The third kappa shape index (κ3) is 3.78. The van der Waals surface area contributed by atoms with Crippen molar-refractivity contribution in [2.45, 2.75) is 13.8 Å². The summed E-state index contributed by atoms with van der Waals surface area (Å²) >= 11 is 0. The average Bonchev–Trinajstić information content (AvgIpc) is 2.12. The molecule has 0 bridgehead atoms. The molecule has 5 nitrogen and oxygen atoms in total. The van der Waals surface area contributed by atoms with Crippen LogP contribution in [0.25, 0.3) is 0 Å². The molecule has 76 valence electrons. The summed E-state index contributed by atoms with van der Waals surface area (Å²) in [4.78, 5) is 21.9. The topological polar surface area (TPSA) is 67.4 Å². The summed E-state index contributed by atoms with van der Waals surface area (Å²) in [6.07, 6.45) is -0.531. The molecule has 0 aliphatic carbocycles. The number of rotatable bonds is 3. The molecule has 0 atom stereocenters. The zero-order valence-corrected chi connectivity index (χ0v) is 8.43. The Balaban J connectivity index is 4.03. The number of nitrogens with one attached hydrogen (secondary N) is 2. The highest BCUT2D eigenvalue weighted by molar-refractivity contribution is 5.82. The van der Waals surface area contributed by atoms with Gasteiger partial charge in [-0.25, -0.2) is 4.79 Å². The number of hydrogen-bond donors (Lipinski definition) is 2. The molecule has 0 fully saturated rings. The van der Waals surface area contributed by atoms with E-state index < -0.39 is 11.5 Å². The van der Waals surface area contributed by atoms with Gasteiger partial charge < -0.3 is 15.4 Å². The standard InChI is InChI=1S/C8H16N2O3/c1-8(2,6(11)9-3)5-10-7(12)13-4/h5H2,1-4H3,(H,9,11)(H,10,12). The Morgan fingerprint density at radius 3 is 2.31 bits per heavy atom. The van der Waals surface area contributed by atoms with Gasteiger partial charge in [0.15, 0.2) is 0 Å². The Hall–Kier alpha value is -1.26. The fourth-order valence-corrected chi connectivity index (χ4v) is 0.784. The van der Waals surface area contributed by atoms with E-state index in [0.717, 1.165) is 0 Å². The first-order valence-corrected chi connectivity index (χ1v) is 3.98. The van der Waals surface area contributed by atoms with E-state index in [0.29, 0.717) is 0 Å². The van der Waals surface area contributed by atoms with E-state index in [-0.39, 0.29) is 12.5 Å². The molecule has 0 aliphatic heterocycles. The van der Waals surface area contributed by atoms with Crippen LogP contribution in [-0.4, -0.2) is 32.7 Å². The van der Waals surface area contributed by atoms with E-state index in [1.54, 1.807) is 20.9 Å². The summed E-state index contributed by atoms with van der Waals surface area (Å²) in [5, 5.41) is 4.98. The molecule has 0 spiro atoms. The van der Waals surface area contributed by atoms with Crippen molar-refractivity contribution >= 4 is 12.0 Å². The van der Waals surface area contributed by atoms with Crippen molar-refractivity contribution in [3.63, 3.8) is 0 Å². The number of hydrogen-bond acceptors (Lipinski definition) is 3. The van der Waals surface area contributed by atoms with Gasteiger partial charge in [0, 0.05) is 13.6 Å². The highest BCUT2D eigenvalue weighted by Gasteiger charge is 2.26. The fourth-order valence-electron chi connectivity index (χ4n) is 0.784. The van der Waals surface area contributed by atoms with Crippen molar-refractivity contribution in [1.82, 2.24) is 10.6 Å². The van der Waals surface area contributed by atoms with Gasteiger partial charge in [-0.15, -0.1) is 0 Å². The van der Waals surface area contributed by atoms with E-state index in [4.69, 9.17) is 0 Å². The second-order valence-electron chi connectivity index (χ2n) is 3.31. The second kappa shape index (κ2) is 4.69. The normalized spacial score (nSPS) is 10.5. The molecule has 0 aromatic rings. The van der Waals surface area contributed by atoms with Crippen molar-refractivity contribution in [2.75, 3.05) is 20.7 Å². The summed E-state index contributed by atoms with van der Waals surface area (Å²) < 4.78 is 4.38. The summed E-state index contributed by atoms with van der Waals surface area (Å²) in [7, 11) is 2.84. The number of carbonyl (C=O) groups is 2. The minimum atomic E-state index is -0.622. The van der Waals surface area contributed by atoms with Gasteiger partial charge in [0.1, 0.15) is 0 Å². The van der Waals surface area contributed by atoms with E-state index in [1.807, 2.05) is 0 Å². The number of alkyl carbamates (subject to hydrolysis) is 1. The lowest BCUT2D eigenvalue weighted by Crippen LogP contribution is -2.43. The van der Waals surface area contributed by atoms with Gasteiger partial charge in [0.05, 0.1) is 12.5 Å². The maximum absolute atomic E-state index is 11.2. The Morgan fingerprint density at radius 1 is 1.38 bits per heavy atom. The number of ether oxygens (including phenoxy) is 1. The molecule has 0 heterocycles. The molecule has 0 unspecified atom stereocenters. The maximum Gasteiger partial charge on any atom is 0.406 e. The van der Waals surface area contributed by atoms with Gasteiger partial charge in [-0.1, -0.05) is 0 Å². The van der Waals surface area contributed by atoms with Crippen molar-refractivity contribution < 1.29 is 14.3 Å². The number of methoxy groups -OCH3 is 1. The predicted molar refractivity (Wildman–Crippen MR) is 48.3 cm³/mol. The van der Waals surface area contributed by atoms with Crippen LogP contribution in [0.3, 0.4) is 0 Å². The van der Waals surface area contributed by atoms with Gasteiger partial charge in [-0.2, -0.15) is 0 Å². The molecular weight excluding hydrogens is 172 g/mol. The van der Waals surface area contributed by atoms with Gasteiger partial charge in [-0.3, -0.25) is 4.79 Å². The van der Waals surface area contributed by atoms with E-state index in [9.17, 15) is 9.59 Å². The molecule has 0 saturated heterocycles. The molecule has 0 radical (unpaired) electrons. The Kier molecular flexibility index (Phi) is 4.23. The summed E-state index contributed by atoms with van der Waals surface area (Å²) in [6.45, 7) is 3.73. The molecular formula is C8H16N2O3. The number of amides is 2. The van der Waals surface area contributed by atoms with E-state index in [2.05, 4.69) is 15.4 Å². The molecule has 0 saturated carbocycles. The molecule has 2 N–H and O–H groups in total. The van der Waals surface area contributed by atoms with Crippen LogP contribution in [-0.2, 0) is 9.53 Å². The number of carbonyl (C=O) groups excluding carboxylic acids is 2. The second-order valence-corrected chi connectivity index (χ2v) is 3.31. The monoisotopic (exact) mass is 188 g/mol. The van der Waals surface area contributed by atoms with E-state index >= 15 is 0 Å². The highest BCUT2D eigenvalue weighted by atomic mass is 16.5. The minimum Gasteiger partial charge on any atom is -0.453 e. The predicted octanol–water partition coefficient (Wildman–Crippen LogP) is 0.115. The fraction of sp³-hybridized carbons (Fsp3) is 0.750. The molecule has 0 aromatic carbocycles. The van der Waals surface area contributed by atoms with Crippen LogP contribution in [0.2, 0.25) is 0 Å². The van der Waals surface area contributed by atoms with Gasteiger partial charge in [0.2, 0.25) is 5.91 Å². The van der Waals surface area contributed by atoms with Crippen LogP contribution in [0.4, 0.5) is 4.79 Å². The Morgan fingerprint density at radius 2 is 1.92 bits per heavy atom. The summed E-state index contributed by atoms with van der Waals surface area (Å²) in [6, 6.07) is 0. The van der Waals surface area contributed by atoms with Crippen molar-refractivity contribution in [3.8, 4) is 0 Å².